The second-order valence-corrected chi connectivity index (χ2v) is 5.62. The summed E-state index contributed by atoms with van der Waals surface area (Å²) in [6.45, 7) is 4.53. The highest BCUT2D eigenvalue weighted by molar-refractivity contribution is 8.14. The number of amidine groups is 1. The summed E-state index contributed by atoms with van der Waals surface area (Å²) < 4.78 is 0. The Hall–Kier alpha value is -1.03. The summed E-state index contributed by atoms with van der Waals surface area (Å²) in [5.74, 6) is 1.19. The van der Waals surface area contributed by atoms with Crippen LogP contribution in [0.4, 0.5) is 0 Å². The molecule has 0 N–H and O–H groups in total. The van der Waals surface area contributed by atoms with Gasteiger partial charge in [-0.05, 0) is 25.5 Å². The fourth-order valence-corrected chi connectivity index (χ4v) is 4.04. The maximum absolute atomic E-state index is 4.84. The van der Waals surface area contributed by atoms with Crippen LogP contribution < -0.4 is 0 Å². The van der Waals surface area contributed by atoms with E-state index in [1.807, 2.05) is 30.1 Å². The molecule has 0 aromatic carbocycles. The van der Waals surface area contributed by atoms with E-state index in [1.165, 1.54) is 17.3 Å². The van der Waals surface area contributed by atoms with E-state index in [-0.39, 0.29) is 6.04 Å². The van der Waals surface area contributed by atoms with Crippen molar-refractivity contribution >= 4 is 16.9 Å². The molecule has 3 atom stereocenters. The molecule has 0 amide bonds. The second kappa shape index (κ2) is 4.33. The zero-order chi connectivity index (χ0) is 11.8. The van der Waals surface area contributed by atoms with Gasteiger partial charge in [-0.2, -0.15) is 0 Å². The molecule has 1 aromatic rings. The van der Waals surface area contributed by atoms with Crippen molar-refractivity contribution in [3.05, 3.63) is 30.1 Å². The topological polar surface area (TPSA) is 28.5 Å². The fourth-order valence-electron chi connectivity index (χ4n) is 2.65. The highest BCUT2D eigenvalue weighted by atomic mass is 32.2. The Morgan fingerprint density at radius 3 is 3.06 bits per heavy atom. The van der Waals surface area contributed by atoms with Gasteiger partial charge in [-0.3, -0.25) is 9.98 Å². The number of rotatable bonds is 2. The third kappa shape index (κ3) is 1.75. The van der Waals surface area contributed by atoms with Crippen LogP contribution in [0.5, 0.6) is 0 Å². The molecule has 4 heteroatoms. The van der Waals surface area contributed by atoms with E-state index in [4.69, 9.17) is 4.99 Å². The molecule has 0 aliphatic carbocycles. The van der Waals surface area contributed by atoms with Gasteiger partial charge in [-0.1, -0.05) is 24.8 Å². The molecule has 3 heterocycles. The van der Waals surface area contributed by atoms with Crippen LogP contribution in [-0.2, 0) is 0 Å². The maximum Gasteiger partial charge on any atom is 0.160 e. The Labute approximate surface area is 106 Å². The number of pyridine rings is 1. The van der Waals surface area contributed by atoms with Gasteiger partial charge in [0.1, 0.15) is 6.04 Å². The predicted molar refractivity (Wildman–Crippen MR) is 72.3 cm³/mol. The number of aliphatic imine (C=N–C) groups is 1. The molecule has 0 unspecified atom stereocenters. The molecule has 3 rings (SSSR count). The predicted octanol–water partition coefficient (Wildman–Crippen LogP) is 2.71. The summed E-state index contributed by atoms with van der Waals surface area (Å²) >= 11 is 1.90. The van der Waals surface area contributed by atoms with Crippen LogP contribution >= 0.6 is 11.8 Å². The van der Waals surface area contributed by atoms with Crippen LogP contribution in [0.2, 0.25) is 0 Å². The molecule has 0 spiro atoms. The molecular formula is C13H17N3S. The summed E-state index contributed by atoms with van der Waals surface area (Å²) in [4.78, 5) is 11.8. The molecule has 0 bridgehead atoms. The van der Waals surface area contributed by atoms with Gasteiger partial charge in [0.15, 0.2) is 5.17 Å². The number of hydrogen-bond donors (Lipinski definition) is 0. The highest BCUT2D eigenvalue weighted by Gasteiger charge is 2.42. The average Bonchev–Trinajstić information content (AvgIpc) is 2.91. The number of aromatic nitrogens is 1. The van der Waals surface area contributed by atoms with Gasteiger partial charge in [0.05, 0.1) is 11.7 Å². The number of nitrogens with zero attached hydrogens (tertiary/aromatic N) is 3. The van der Waals surface area contributed by atoms with Gasteiger partial charge in [0.2, 0.25) is 0 Å². The number of thioether (sulfide) groups is 1. The SMILES string of the molecule is CC[C@@H]1CSC2=N[C@H](c3ccccn3)[C@H](C)N21. The first-order valence-electron chi connectivity index (χ1n) is 6.21. The molecule has 1 saturated heterocycles. The molecule has 3 nitrogen and oxygen atoms in total. The van der Waals surface area contributed by atoms with E-state index >= 15 is 0 Å². The van der Waals surface area contributed by atoms with E-state index in [9.17, 15) is 0 Å². The van der Waals surface area contributed by atoms with Gasteiger partial charge >= 0.3 is 0 Å². The Morgan fingerprint density at radius 1 is 1.47 bits per heavy atom. The third-order valence-electron chi connectivity index (χ3n) is 3.63. The normalized spacial score (nSPS) is 31.5. The summed E-state index contributed by atoms with van der Waals surface area (Å²) in [5, 5.41) is 1.22. The van der Waals surface area contributed by atoms with Crippen molar-refractivity contribution in [1.29, 1.82) is 0 Å². The monoisotopic (exact) mass is 247 g/mol. The minimum atomic E-state index is 0.216. The van der Waals surface area contributed by atoms with Crippen LogP contribution in [0, 0.1) is 0 Å². The summed E-state index contributed by atoms with van der Waals surface area (Å²) in [7, 11) is 0. The molecule has 1 fully saturated rings. The lowest BCUT2D eigenvalue weighted by atomic mass is 10.0. The molecule has 0 saturated carbocycles. The molecule has 1 aromatic heterocycles. The summed E-state index contributed by atoms with van der Waals surface area (Å²) in [6, 6.07) is 7.40. The minimum Gasteiger partial charge on any atom is -0.342 e. The molecule has 2 aliphatic rings. The fraction of sp³-hybridized carbons (Fsp3) is 0.538. The lowest BCUT2D eigenvalue weighted by Gasteiger charge is -2.28. The minimum absolute atomic E-state index is 0.216. The third-order valence-corrected chi connectivity index (χ3v) is 4.75. The van der Waals surface area contributed by atoms with Crippen molar-refractivity contribution in [2.75, 3.05) is 5.75 Å². The molecular weight excluding hydrogens is 230 g/mol. The van der Waals surface area contributed by atoms with E-state index in [0.717, 1.165) is 5.69 Å². The number of fused-ring (bicyclic) bond motifs is 1. The molecule has 0 radical (unpaired) electrons. The van der Waals surface area contributed by atoms with E-state index < -0.39 is 0 Å². The van der Waals surface area contributed by atoms with Crippen LogP contribution in [0.25, 0.3) is 0 Å². The van der Waals surface area contributed by atoms with Gasteiger partial charge in [-0.15, -0.1) is 0 Å². The quantitative estimate of drug-likeness (QED) is 0.804. The zero-order valence-corrected chi connectivity index (χ0v) is 11.0. The highest BCUT2D eigenvalue weighted by Crippen LogP contribution is 2.40. The lowest BCUT2D eigenvalue weighted by Crippen LogP contribution is -2.38. The van der Waals surface area contributed by atoms with Gasteiger partial charge in [-0.25, -0.2) is 0 Å². The van der Waals surface area contributed by atoms with Crippen molar-refractivity contribution in [2.45, 2.75) is 38.4 Å². The maximum atomic E-state index is 4.84. The van der Waals surface area contributed by atoms with Gasteiger partial charge < -0.3 is 4.90 Å². The lowest BCUT2D eigenvalue weighted by molar-refractivity contribution is 0.268. The first kappa shape index (κ1) is 11.1. The summed E-state index contributed by atoms with van der Waals surface area (Å²) in [6.07, 6.45) is 3.06. The van der Waals surface area contributed by atoms with Crippen molar-refractivity contribution in [1.82, 2.24) is 9.88 Å². The van der Waals surface area contributed by atoms with Gasteiger partial charge in [0, 0.05) is 18.0 Å². The zero-order valence-electron chi connectivity index (χ0n) is 10.2. The van der Waals surface area contributed by atoms with Crippen molar-refractivity contribution in [3.63, 3.8) is 0 Å². The standard InChI is InChI=1S/C13H17N3S/c1-3-10-8-17-13-15-12(9(2)16(10)13)11-6-4-5-7-14-11/h4-7,9-10,12H,3,8H2,1-2H3/t9-,10+,12-/m0/s1. The number of hydrogen-bond acceptors (Lipinski definition) is 4. The van der Waals surface area contributed by atoms with E-state index in [1.54, 1.807) is 0 Å². The van der Waals surface area contributed by atoms with Crippen molar-refractivity contribution in [3.8, 4) is 0 Å². The van der Waals surface area contributed by atoms with E-state index in [0.29, 0.717) is 12.1 Å². The largest absolute Gasteiger partial charge is 0.342 e. The van der Waals surface area contributed by atoms with Crippen LogP contribution in [0.15, 0.2) is 29.4 Å². The second-order valence-electron chi connectivity index (χ2n) is 4.63. The molecule has 2 aliphatic heterocycles. The van der Waals surface area contributed by atoms with Crippen LogP contribution in [0.1, 0.15) is 32.0 Å². The van der Waals surface area contributed by atoms with Gasteiger partial charge in [0.25, 0.3) is 0 Å². The Balaban J connectivity index is 1.89. The van der Waals surface area contributed by atoms with Crippen LogP contribution in [-0.4, -0.2) is 32.9 Å². The molecule has 90 valence electrons. The molecule has 17 heavy (non-hydrogen) atoms. The smallest absolute Gasteiger partial charge is 0.160 e. The summed E-state index contributed by atoms with van der Waals surface area (Å²) in [5.41, 5.74) is 1.09. The van der Waals surface area contributed by atoms with Crippen molar-refractivity contribution in [2.24, 2.45) is 4.99 Å². The Kier molecular flexibility index (Phi) is 2.82. The van der Waals surface area contributed by atoms with Crippen molar-refractivity contribution < 1.29 is 0 Å². The Bertz CT molecular complexity index is 432. The van der Waals surface area contributed by atoms with Crippen LogP contribution in [0.3, 0.4) is 0 Å². The average molecular weight is 247 g/mol. The van der Waals surface area contributed by atoms with E-state index in [2.05, 4.69) is 29.8 Å². The Morgan fingerprint density at radius 2 is 2.35 bits per heavy atom. The first-order chi connectivity index (χ1) is 8.31. The first-order valence-corrected chi connectivity index (χ1v) is 7.19.